The van der Waals surface area contributed by atoms with Crippen molar-refractivity contribution in [3.05, 3.63) is 45.0 Å². The summed E-state index contributed by atoms with van der Waals surface area (Å²) in [4.78, 5) is 4.22. The smallest absolute Gasteiger partial charge is 0.0894 e. The second-order valence-electron chi connectivity index (χ2n) is 3.61. The quantitative estimate of drug-likeness (QED) is 0.830. The third-order valence-electron chi connectivity index (χ3n) is 2.46. The number of aromatic nitrogens is 1. The second kappa shape index (κ2) is 5.33. The fraction of sp³-hybridized carbons (Fsp3) is 0.0833. The van der Waals surface area contributed by atoms with Crippen LogP contribution in [0.4, 0.5) is 5.69 Å². The lowest BCUT2D eigenvalue weighted by Crippen LogP contribution is -1.99. The molecular formula is C12H9Cl3N2O. The number of nitrogens with two attached hydrogens (primary N) is 1. The third kappa shape index (κ3) is 2.40. The molecule has 0 saturated carbocycles. The van der Waals surface area contributed by atoms with Gasteiger partial charge in [0.1, 0.15) is 0 Å². The van der Waals surface area contributed by atoms with Crippen molar-refractivity contribution in [1.82, 2.24) is 4.98 Å². The van der Waals surface area contributed by atoms with Gasteiger partial charge in [-0.1, -0.05) is 34.8 Å². The van der Waals surface area contributed by atoms with Crippen molar-refractivity contribution in [2.45, 2.75) is 6.61 Å². The number of rotatable bonds is 2. The van der Waals surface area contributed by atoms with Gasteiger partial charge in [0.15, 0.2) is 0 Å². The zero-order valence-corrected chi connectivity index (χ0v) is 11.4. The van der Waals surface area contributed by atoms with Gasteiger partial charge >= 0.3 is 0 Å². The van der Waals surface area contributed by atoms with E-state index in [1.54, 1.807) is 24.3 Å². The van der Waals surface area contributed by atoms with Crippen LogP contribution in [0.25, 0.3) is 11.3 Å². The minimum absolute atomic E-state index is 0.254. The van der Waals surface area contributed by atoms with E-state index in [1.807, 2.05) is 0 Å². The van der Waals surface area contributed by atoms with Crippen LogP contribution in [-0.4, -0.2) is 10.1 Å². The summed E-state index contributed by atoms with van der Waals surface area (Å²) in [6.07, 6.45) is 0. The molecule has 0 saturated heterocycles. The number of hydrogen-bond acceptors (Lipinski definition) is 3. The summed E-state index contributed by atoms with van der Waals surface area (Å²) in [5, 5.41) is 10.3. The monoisotopic (exact) mass is 302 g/mol. The number of hydrogen-bond donors (Lipinski definition) is 2. The van der Waals surface area contributed by atoms with Gasteiger partial charge in [0, 0.05) is 5.56 Å². The summed E-state index contributed by atoms with van der Waals surface area (Å²) in [5.41, 5.74) is 7.50. The van der Waals surface area contributed by atoms with E-state index in [0.29, 0.717) is 37.7 Å². The van der Waals surface area contributed by atoms with Crippen molar-refractivity contribution in [1.29, 1.82) is 0 Å². The zero-order chi connectivity index (χ0) is 13.3. The molecule has 0 atom stereocenters. The van der Waals surface area contributed by atoms with E-state index in [-0.39, 0.29) is 6.61 Å². The van der Waals surface area contributed by atoms with Crippen molar-refractivity contribution in [2.75, 3.05) is 5.73 Å². The second-order valence-corrected chi connectivity index (χ2v) is 4.80. The molecule has 1 heterocycles. The molecule has 0 fully saturated rings. The highest BCUT2D eigenvalue weighted by molar-refractivity contribution is 6.46. The van der Waals surface area contributed by atoms with E-state index in [4.69, 9.17) is 45.6 Å². The standard InChI is InChI=1S/C12H9Cl3N2O/c13-6-1-2-7(14)12(15)11(6)9-4-3-8(16)10(5-18)17-9/h1-4,18H,5,16H2. The number of aliphatic hydroxyl groups is 1. The molecule has 2 aromatic rings. The summed E-state index contributed by atoms with van der Waals surface area (Å²) in [5.74, 6) is 0. The Balaban J connectivity index is 2.65. The molecule has 0 amide bonds. The molecule has 18 heavy (non-hydrogen) atoms. The van der Waals surface area contributed by atoms with Crippen molar-refractivity contribution >= 4 is 40.5 Å². The van der Waals surface area contributed by atoms with Gasteiger partial charge in [-0.3, -0.25) is 0 Å². The van der Waals surface area contributed by atoms with Crippen LogP contribution in [0.5, 0.6) is 0 Å². The molecule has 2 rings (SSSR count). The van der Waals surface area contributed by atoms with Gasteiger partial charge in [-0.2, -0.15) is 0 Å². The van der Waals surface area contributed by atoms with E-state index in [2.05, 4.69) is 4.98 Å². The number of halogens is 3. The van der Waals surface area contributed by atoms with Gasteiger partial charge in [0.25, 0.3) is 0 Å². The largest absolute Gasteiger partial charge is 0.397 e. The predicted octanol–water partition coefficient (Wildman–Crippen LogP) is 3.78. The SMILES string of the molecule is Nc1ccc(-c2c(Cl)ccc(Cl)c2Cl)nc1CO. The lowest BCUT2D eigenvalue weighted by atomic mass is 10.1. The molecule has 1 aromatic carbocycles. The molecule has 3 N–H and O–H groups in total. The Hall–Kier alpha value is -1.00. The van der Waals surface area contributed by atoms with E-state index >= 15 is 0 Å². The summed E-state index contributed by atoms with van der Waals surface area (Å²) in [6, 6.07) is 6.57. The number of pyridine rings is 1. The summed E-state index contributed by atoms with van der Waals surface area (Å²) in [6.45, 7) is -0.254. The highest BCUT2D eigenvalue weighted by atomic mass is 35.5. The molecule has 0 radical (unpaired) electrons. The number of aliphatic hydroxyl groups excluding tert-OH is 1. The highest BCUT2D eigenvalue weighted by Gasteiger charge is 2.14. The molecule has 0 aliphatic heterocycles. The highest BCUT2D eigenvalue weighted by Crippen LogP contribution is 2.38. The fourth-order valence-corrected chi connectivity index (χ4v) is 2.26. The van der Waals surface area contributed by atoms with Gasteiger partial charge in [-0.05, 0) is 24.3 Å². The Morgan fingerprint density at radius 2 is 1.72 bits per heavy atom. The molecular weight excluding hydrogens is 295 g/mol. The Morgan fingerprint density at radius 3 is 2.39 bits per heavy atom. The van der Waals surface area contributed by atoms with Crippen molar-refractivity contribution in [2.24, 2.45) is 0 Å². The average molecular weight is 304 g/mol. The Morgan fingerprint density at radius 1 is 1.06 bits per heavy atom. The molecule has 0 unspecified atom stereocenters. The minimum Gasteiger partial charge on any atom is -0.397 e. The van der Waals surface area contributed by atoms with Crippen LogP contribution in [0.1, 0.15) is 5.69 Å². The number of nitrogen functional groups attached to an aromatic ring is 1. The Kier molecular flexibility index (Phi) is 3.97. The van der Waals surface area contributed by atoms with Gasteiger partial charge in [0.05, 0.1) is 38.8 Å². The van der Waals surface area contributed by atoms with Crippen LogP contribution in [-0.2, 0) is 6.61 Å². The summed E-state index contributed by atoms with van der Waals surface area (Å²) in [7, 11) is 0. The summed E-state index contributed by atoms with van der Waals surface area (Å²) >= 11 is 18.2. The number of anilines is 1. The summed E-state index contributed by atoms with van der Waals surface area (Å²) < 4.78 is 0. The fourth-order valence-electron chi connectivity index (χ4n) is 1.54. The van der Waals surface area contributed by atoms with Gasteiger partial charge < -0.3 is 10.8 Å². The predicted molar refractivity (Wildman–Crippen MR) is 75.0 cm³/mol. The number of benzene rings is 1. The lowest BCUT2D eigenvalue weighted by molar-refractivity contribution is 0.278. The van der Waals surface area contributed by atoms with Gasteiger partial charge in [0.2, 0.25) is 0 Å². The van der Waals surface area contributed by atoms with E-state index < -0.39 is 0 Å². The first kappa shape index (κ1) is 13.4. The Bertz CT molecular complexity index is 602. The van der Waals surface area contributed by atoms with Gasteiger partial charge in [-0.25, -0.2) is 4.98 Å². The average Bonchev–Trinajstić information content (AvgIpc) is 2.36. The molecule has 6 heteroatoms. The van der Waals surface area contributed by atoms with Crippen molar-refractivity contribution in [3.8, 4) is 11.3 Å². The van der Waals surface area contributed by atoms with Crippen LogP contribution < -0.4 is 5.73 Å². The number of nitrogens with zero attached hydrogens (tertiary/aromatic N) is 1. The first-order chi connectivity index (χ1) is 8.54. The zero-order valence-electron chi connectivity index (χ0n) is 9.12. The maximum Gasteiger partial charge on any atom is 0.0894 e. The van der Waals surface area contributed by atoms with Gasteiger partial charge in [-0.15, -0.1) is 0 Å². The van der Waals surface area contributed by atoms with Crippen molar-refractivity contribution < 1.29 is 5.11 Å². The molecule has 0 spiro atoms. The Labute approximate surface area is 119 Å². The van der Waals surface area contributed by atoms with E-state index in [1.165, 1.54) is 0 Å². The van der Waals surface area contributed by atoms with Crippen LogP contribution in [0, 0.1) is 0 Å². The molecule has 3 nitrogen and oxygen atoms in total. The van der Waals surface area contributed by atoms with Crippen LogP contribution in [0.15, 0.2) is 24.3 Å². The van der Waals surface area contributed by atoms with Crippen molar-refractivity contribution in [3.63, 3.8) is 0 Å². The first-order valence-corrected chi connectivity index (χ1v) is 6.18. The van der Waals surface area contributed by atoms with Crippen LogP contribution >= 0.6 is 34.8 Å². The molecule has 1 aromatic heterocycles. The topological polar surface area (TPSA) is 59.1 Å². The maximum atomic E-state index is 9.15. The van der Waals surface area contributed by atoms with E-state index in [0.717, 1.165) is 0 Å². The van der Waals surface area contributed by atoms with Crippen LogP contribution in [0.2, 0.25) is 15.1 Å². The lowest BCUT2D eigenvalue weighted by Gasteiger charge is -2.10. The third-order valence-corrected chi connectivity index (χ3v) is 3.58. The first-order valence-electron chi connectivity index (χ1n) is 5.04. The minimum atomic E-state index is -0.254. The molecule has 0 aliphatic carbocycles. The van der Waals surface area contributed by atoms with E-state index in [9.17, 15) is 0 Å². The maximum absolute atomic E-state index is 9.15. The molecule has 0 aliphatic rings. The molecule has 0 bridgehead atoms. The van der Waals surface area contributed by atoms with Crippen LogP contribution in [0.3, 0.4) is 0 Å². The normalized spacial score (nSPS) is 10.7. The molecule has 94 valence electrons.